The van der Waals surface area contributed by atoms with Crippen molar-refractivity contribution in [1.29, 1.82) is 0 Å². The molecular weight excluding hydrogens is 829 g/mol. The SMILES string of the molecule is CCCCCCCCCCCCCCCC(=O)OC[C@H](O)[C@H]1OC(=O)C(C)=C1O.CCCCCCCCCCCCCCCC(=O)OC[C@H](O)[C@H]1OC(=O)C(C)=C1OCc1ccccc1. The van der Waals surface area contributed by atoms with Crippen LogP contribution in [0, 0.1) is 0 Å². The van der Waals surface area contributed by atoms with Crippen molar-refractivity contribution < 1.29 is 58.2 Å². The van der Waals surface area contributed by atoms with Gasteiger partial charge in [-0.15, -0.1) is 0 Å². The second-order valence-electron chi connectivity index (χ2n) is 17.9. The summed E-state index contributed by atoms with van der Waals surface area (Å²) in [6.45, 7) is 7.25. The molecule has 12 nitrogen and oxygen atoms in total. The van der Waals surface area contributed by atoms with Crippen LogP contribution < -0.4 is 0 Å². The van der Waals surface area contributed by atoms with E-state index in [0.29, 0.717) is 24.2 Å². The topological polar surface area (TPSA) is 175 Å². The van der Waals surface area contributed by atoms with Crippen molar-refractivity contribution in [2.75, 3.05) is 13.2 Å². The fourth-order valence-electron chi connectivity index (χ4n) is 7.84. The van der Waals surface area contributed by atoms with Crippen LogP contribution in [0.15, 0.2) is 53.0 Å². The molecule has 0 amide bonds. The van der Waals surface area contributed by atoms with E-state index in [-0.39, 0.29) is 43.1 Å². The van der Waals surface area contributed by atoms with Gasteiger partial charge in [0.2, 0.25) is 0 Å². The minimum atomic E-state index is -1.26. The fourth-order valence-corrected chi connectivity index (χ4v) is 7.84. The maximum atomic E-state index is 12.1. The van der Waals surface area contributed by atoms with Crippen LogP contribution in [0.1, 0.15) is 213 Å². The van der Waals surface area contributed by atoms with Crippen molar-refractivity contribution in [1.82, 2.24) is 0 Å². The van der Waals surface area contributed by atoms with Gasteiger partial charge < -0.3 is 39.0 Å². The second kappa shape index (κ2) is 36.2. The van der Waals surface area contributed by atoms with E-state index >= 15 is 0 Å². The summed E-state index contributed by atoms with van der Waals surface area (Å²) >= 11 is 0. The highest BCUT2D eigenvalue weighted by Crippen LogP contribution is 2.28. The van der Waals surface area contributed by atoms with Gasteiger partial charge in [-0.2, -0.15) is 0 Å². The highest BCUT2D eigenvalue weighted by atomic mass is 16.6. The molecule has 0 unspecified atom stereocenters. The lowest BCUT2D eigenvalue weighted by atomic mass is 10.0. The molecule has 2 aliphatic heterocycles. The molecule has 3 N–H and O–H groups in total. The van der Waals surface area contributed by atoms with Crippen LogP contribution in [0.3, 0.4) is 0 Å². The van der Waals surface area contributed by atoms with Gasteiger partial charge in [0.05, 0.1) is 11.1 Å². The van der Waals surface area contributed by atoms with Crippen LogP contribution in [0.25, 0.3) is 0 Å². The first kappa shape index (κ1) is 57.2. The number of rotatable bonds is 37. The van der Waals surface area contributed by atoms with Crippen LogP contribution in [-0.4, -0.2) is 76.8 Å². The van der Waals surface area contributed by atoms with Gasteiger partial charge in [0.15, 0.2) is 18.0 Å². The maximum Gasteiger partial charge on any atom is 0.338 e. The first-order valence-electron chi connectivity index (χ1n) is 25.4. The third-order valence-electron chi connectivity index (χ3n) is 12.1. The molecule has 0 spiro atoms. The quantitative estimate of drug-likeness (QED) is 0.0328. The number of ether oxygens (including phenoxy) is 5. The molecule has 3 rings (SSSR count). The summed E-state index contributed by atoms with van der Waals surface area (Å²) in [6.07, 6.45) is 28.5. The Balaban J connectivity index is 0.000000458. The van der Waals surface area contributed by atoms with E-state index in [1.54, 1.807) is 6.92 Å². The number of aliphatic hydroxyl groups is 3. The van der Waals surface area contributed by atoms with E-state index in [4.69, 9.17) is 23.7 Å². The molecule has 0 fully saturated rings. The van der Waals surface area contributed by atoms with Crippen LogP contribution >= 0.6 is 0 Å². The summed E-state index contributed by atoms with van der Waals surface area (Å²) in [5.74, 6) is -1.91. The molecular formula is C53H86O12. The normalized spacial score (nSPS) is 16.8. The minimum Gasteiger partial charge on any atom is -0.508 e. The zero-order chi connectivity index (χ0) is 47.5. The molecule has 1 aromatic rings. The van der Waals surface area contributed by atoms with E-state index in [1.165, 1.54) is 135 Å². The average molecular weight is 915 g/mol. The molecule has 0 aromatic heterocycles. The zero-order valence-electron chi connectivity index (χ0n) is 40.6. The standard InChI is InChI=1S/C30H46O6.C23H40O6/c1-3-4-5-6-7-8-9-10-11-12-13-14-18-21-27(32)34-23-26(31)29-28(24(2)30(33)36-29)35-22-25-19-16-15-17-20-25;1-3-4-5-6-7-8-9-10-11-12-13-14-15-16-20(25)28-17-19(24)22-21(26)18(2)23(27)29-22/h15-17,19-20,26,29,31H,3-14,18,21-23H2,1-2H3;19,22,24,26H,3-17H2,1-2H3/t26-,29+;19-,22+/m00/s1. The molecule has 2 aliphatic rings. The molecule has 2 heterocycles. The molecule has 0 saturated carbocycles. The van der Waals surface area contributed by atoms with Crippen molar-refractivity contribution >= 4 is 23.9 Å². The predicted octanol–water partition coefficient (Wildman–Crippen LogP) is 11.9. The van der Waals surface area contributed by atoms with Crippen LogP contribution in [0.4, 0.5) is 0 Å². The summed E-state index contributed by atoms with van der Waals surface area (Å²) in [5, 5.41) is 30.2. The largest absolute Gasteiger partial charge is 0.508 e. The first-order chi connectivity index (χ1) is 31.5. The Hall–Kier alpha value is -3.90. The highest BCUT2D eigenvalue weighted by Gasteiger charge is 2.39. The monoisotopic (exact) mass is 915 g/mol. The summed E-state index contributed by atoms with van der Waals surface area (Å²) in [6, 6.07) is 9.54. The Morgan fingerprint density at radius 3 is 1.28 bits per heavy atom. The Morgan fingerprint density at radius 1 is 0.538 bits per heavy atom. The van der Waals surface area contributed by atoms with Gasteiger partial charge >= 0.3 is 23.9 Å². The number of carbonyl (C=O) groups excluding carboxylic acids is 4. The lowest BCUT2D eigenvalue weighted by molar-refractivity contribution is -0.155. The van der Waals surface area contributed by atoms with Gasteiger partial charge in [0.25, 0.3) is 0 Å². The highest BCUT2D eigenvalue weighted by molar-refractivity contribution is 5.91. The molecule has 0 aliphatic carbocycles. The Bertz CT molecular complexity index is 1520. The summed E-state index contributed by atoms with van der Waals surface area (Å²) in [5.41, 5.74) is 1.34. The average Bonchev–Trinajstić information content (AvgIpc) is 3.74. The van der Waals surface area contributed by atoms with Gasteiger partial charge in [-0.25, -0.2) is 9.59 Å². The predicted molar refractivity (Wildman–Crippen MR) is 254 cm³/mol. The van der Waals surface area contributed by atoms with Gasteiger partial charge in [-0.05, 0) is 32.3 Å². The first-order valence-corrected chi connectivity index (χ1v) is 25.4. The van der Waals surface area contributed by atoms with E-state index in [0.717, 1.165) is 44.1 Å². The Kier molecular flexibility index (Phi) is 31.9. The second-order valence-corrected chi connectivity index (χ2v) is 17.9. The fraction of sp³-hybridized carbons (Fsp3) is 0.736. The molecule has 65 heavy (non-hydrogen) atoms. The van der Waals surface area contributed by atoms with Crippen molar-refractivity contribution in [2.45, 2.75) is 239 Å². The molecule has 370 valence electrons. The number of aliphatic hydroxyl groups excluding tert-OH is 3. The molecule has 0 bridgehead atoms. The lowest BCUT2D eigenvalue weighted by Crippen LogP contribution is -2.34. The number of hydrogen-bond acceptors (Lipinski definition) is 12. The summed E-state index contributed by atoms with van der Waals surface area (Å²) in [4.78, 5) is 47.2. The summed E-state index contributed by atoms with van der Waals surface area (Å²) in [7, 11) is 0. The van der Waals surface area contributed by atoms with Gasteiger partial charge in [0, 0.05) is 12.8 Å². The number of hydrogen-bond donors (Lipinski definition) is 3. The number of cyclic esters (lactones) is 2. The van der Waals surface area contributed by atoms with Crippen molar-refractivity contribution in [2.24, 2.45) is 0 Å². The van der Waals surface area contributed by atoms with Crippen LogP contribution in [0.5, 0.6) is 0 Å². The molecule has 12 heteroatoms. The van der Waals surface area contributed by atoms with Gasteiger partial charge in [0.1, 0.15) is 37.8 Å². The zero-order valence-corrected chi connectivity index (χ0v) is 40.6. The van der Waals surface area contributed by atoms with Crippen molar-refractivity contribution in [3.05, 3.63) is 58.6 Å². The Morgan fingerprint density at radius 2 is 0.892 bits per heavy atom. The molecule has 0 saturated heterocycles. The number of esters is 4. The van der Waals surface area contributed by atoms with E-state index in [9.17, 15) is 34.5 Å². The smallest absolute Gasteiger partial charge is 0.338 e. The third-order valence-corrected chi connectivity index (χ3v) is 12.1. The molecule has 0 radical (unpaired) electrons. The van der Waals surface area contributed by atoms with Crippen LogP contribution in [0.2, 0.25) is 0 Å². The Labute approximate surface area is 391 Å². The number of unbranched alkanes of at least 4 members (excludes halogenated alkanes) is 24. The summed E-state index contributed by atoms with van der Waals surface area (Å²) < 4.78 is 26.2. The van der Waals surface area contributed by atoms with Crippen LogP contribution in [-0.2, 0) is 49.5 Å². The minimum absolute atomic E-state index is 0.0763. The van der Waals surface area contributed by atoms with Gasteiger partial charge in [-0.1, -0.05) is 198 Å². The van der Waals surface area contributed by atoms with Gasteiger partial charge in [-0.3, -0.25) is 9.59 Å². The van der Waals surface area contributed by atoms with E-state index in [2.05, 4.69) is 13.8 Å². The number of carbonyl (C=O) groups is 4. The van der Waals surface area contributed by atoms with Crippen molar-refractivity contribution in [3.8, 4) is 0 Å². The molecule has 1 aromatic carbocycles. The molecule has 4 atom stereocenters. The maximum absolute atomic E-state index is 12.1. The van der Waals surface area contributed by atoms with Crippen molar-refractivity contribution in [3.63, 3.8) is 0 Å². The third kappa shape index (κ3) is 25.6. The van der Waals surface area contributed by atoms with E-state index in [1.807, 2.05) is 30.3 Å². The number of benzene rings is 1. The lowest BCUT2D eigenvalue weighted by Gasteiger charge is -2.20. The van der Waals surface area contributed by atoms with E-state index < -0.39 is 36.4 Å².